The van der Waals surface area contributed by atoms with Gasteiger partial charge in [-0.3, -0.25) is 9.48 Å². The number of aromatic nitrogens is 2. The largest absolute Gasteiger partial charge is 0.342 e. The monoisotopic (exact) mass is 315 g/mol. The highest BCUT2D eigenvalue weighted by Crippen LogP contribution is 2.27. The van der Waals surface area contributed by atoms with Gasteiger partial charge in [0.2, 0.25) is 5.91 Å². The first-order valence-electron chi connectivity index (χ1n) is 8.22. The van der Waals surface area contributed by atoms with E-state index in [9.17, 15) is 9.18 Å². The minimum Gasteiger partial charge on any atom is -0.342 e. The van der Waals surface area contributed by atoms with Crippen LogP contribution in [0.2, 0.25) is 0 Å². The highest BCUT2D eigenvalue weighted by atomic mass is 19.1. The standard InChI is InChI=1S/C18H22FN3O/c1-2-17(14-4-6-15(19)7-5-14)18(23)21-12-8-16(9-13-21)22-11-3-10-20-22/h3-7,10-11,16-17H,2,8-9,12-13H2,1H3/t17-/m0/s1. The van der Waals surface area contributed by atoms with Gasteiger partial charge in [-0.25, -0.2) is 4.39 Å². The smallest absolute Gasteiger partial charge is 0.230 e. The van der Waals surface area contributed by atoms with Crippen molar-refractivity contribution >= 4 is 5.91 Å². The van der Waals surface area contributed by atoms with Crippen molar-refractivity contribution in [3.8, 4) is 0 Å². The predicted octanol–water partition coefficient (Wildman–Crippen LogP) is 3.38. The van der Waals surface area contributed by atoms with E-state index in [-0.39, 0.29) is 17.6 Å². The van der Waals surface area contributed by atoms with Crippen molar-refractivity contribution in [2.45, 2.75) is 38.1 Å². The van der Waals surface area contributed by atoms with Crippen LogP contribution < -0.4 is 0 Å². The fourth-order valence-corrected chi connectivity index (χ4v) is 3.32. The van der Waals surface area contributed by atoms with Gasteiger partial charge in [0.15, 0.2) is 0 Å². The molecule has 1 amide bonds. The summed E-state index contributed by atoms with van der Waals surface area (Å²) in [5, 5.41) is 4.29. The minimum absolute atomic E-state index is 0.151. The number of hydrogen-bond donors (Lipinski definition) is 0. The van der Waals surface area contributed by atoms with Gasteiger partial charge in [-0.05, 0) is 43.0 Å². The third-order valence-corrected chi connectivity index (χ3v) is 4.65. The molecule has 3 rings (SSSR count). The van der Waals surface area contributed by atoms with Crippen molar-refractivity contribution < 1.29 is 9.18 Å². The molecule has 1 aromatic heterocycles. The van der Waals surface area contributed by atoms with E-state index in [4.69, 9.17) is 0 Å². The van der Waals surface area contributed by atoms with Crippen molar-refractivity contribution in [3.05, 3.63) is 54.1 Å². The summed E-state index contributed by atoms with van der Waals surface area (Å²) in [6.45, 7) is 3.50. The molecule has 0 saturated carbocycles. The van der Waals surface area contributed by atoms with Gasteiger partial charge in [0.1, 0.15) is 5.82 Å². The molecule has 0 radical (unpaired) electrons. The van der Waals surface area contributed by atoms with Crippen LogP contribution in [-0.4, -0.2) is 33.7 Å². The molecular formula is C18H22FN3O. The van der Waals surface area contributed by atoms with Crippen LogP contribution >= 0.6 is 0 Å². The molecule has 1 aliphatic heterocycles. The fraction of sp³-hybridized carbons (Fsp3) is 0.444. The Bertz CT molecular complexity index is 631. The van der Waals surface area contributed by atoms with Gasteiger partial charge < -0.3 is 4.90 Å². The summed E-state index contributed by atoms with van der Waals surface area (Å²) in [7, 11) is 0. The lowest BCUT2D eigenvalue weighted by molar-refractivity contribution is -0.134. The van der Waals surface area contributed by atoms with Crippen LogP contribution in [0.1, 0.15) is 43.7 Å². The number of nitrogens with zero attached hydrogens (tertiary/aromatic N) is 3. The molecule has 2 aromatic rings. The maximum atomic E-state index is 13.1. The molecule has 1 aromatic carbocycles. The highest BCUT2D eigenvalue weighted by molar-refractivity contribution is 5.83. The van der Waals surface area contributed by atoms with Crippen molar-refractivity contribution in [2.75, 3.05) is 13.1 Å². The maximum Gasteiger partial charge on any atom is 0.230 e. The Hall–Kier alpha value is -2.17. The molecule has 0 unspecified atom stereocenters. The molecule has 0 bridgehead atoms. The lowest BCUT2D eigenvalue weighted by atomic mass is 9.93. The third kappa shape index (κ3) is 3.44. The second-order valence-electron chi connectivity index (χ2n) is 6.05. The summed E-state index contributed by atoms with van der Waals surface area (Å²) in [5.74, 6) is -0.300. The van der Waals surface area contributed by atoms with Crippen LogP contribution in [-0.2, 0) is 4.79 Å². The van der Waals surface area contributed by atoms with E-state index >= 15 is 0 Å². The molecule has 0 N–H and O–H groups in total. The molecule has 2 heterocycles. The second kappa shape index (κ2) is 6.94. The lowest BCUT2D eigenvalue weighted by Crippen LogP contribution is -2.41. The minimum atomic E-state index is -0.268. The Morgan fingerprint density at radius 3 is 2.57 bits per heavy atom. The number of amides is 1. The summed E-state index contributed by atoms with van der Waals surface area (Å²) in [6.07, 6.45) is 6.35. The highest BCUT2D eigenvalue weighted by Gasteiger charge is 2.28. The summed E-state index contributed by atoms with van der Waals surface area (Å²) < 4.78 is 15.1. The number of piperidine rings is 1. The maximum absolute atomic E-state index is 13.1. The summed E-state index contributed by atoms with van der Waals surface area (Å²) in [4.78, 5) is 14.8. The Morgan fingerprint density at radius 1 is 1.30 bits per heavy atom. The molecule has 1 atom stereocenters. The van der Waals surface area contributed by atoms with Gasteiger partial charge in [-0.15, -0.1) is 0 Å². The topological polar surface area (TPSA) is 38.1 Å². The average Bonchev–Trinajstić information content (AvgIpc) is 3.12. The number of likely N-dealkylation sites (tertiary alicyclic amines) is 1. The predicted molar refractivity (Wildman–Crippen MR) is 86.5 cm³/mol. The molecule has 4 nitrogen and oxygen atoms in total. The first-order valence-corrected chi connectivity index (χ1v) is 8.22. The van der Waals surface area contributed by atoms with Crippen LogP contribution in [0.4, 0.5) is 4.39 Å². The molecule has 122 valence electrons. The van der Waals surface area contributed by atoms with E-state index in [0.29, 0.717) is 6.04 Å². The molecule has 23 heavy (non-hydrogen) atoms. The number of rotatable bonds is 4. The van der Waals surface area contributed by atoms with Crippen LogP contribution in [0, 0.1) is 5.82 Å². The van der Waals surface area contributed by atoms with Crippen LogP contribution in [0.15, 0.2) is 42.7 Å². The molecule has 0 aliphatic carbocycles. The van der Waals surface area contributed by atoms with Gasteiger partial charge in [-0.2, -0.15) is 5.10 Å². The van der Waals surface area contributed by atoms with Crippen molar-refractivity contribution in [2.24, 2.45) is 0 Å². The SMILES string of the molecule is CC[C@H](C(=O)N1CCC(n2cccn2)CC1)c1ccc(F)cc1. The molecule has 0 spiro atoms. The molecular weight excluding hydrogens is 293 g/mol. The van der Waals surface area contributed by atoms with Crippen molar-refractivity contribution in [3.63, 3.8) is 0 Å². The van der Waals surface area contributed by atoms with E-state index in [1.165, 1.54) is 12.1 Å². The van der Waals surface area contributed by atoms with Crippen LogP contribution in [0.3, 0.4) is 0 Å². The second-order valence-corrected chi connectivity index (χ2v) is 6.05. The third-order valence-electron chi connectivity index (χ3n) is 4.65. The zero-order valence-corrected chi connectivity index (χ0v) is 13.4. The number of hydrogen-bond acceptors (Lipinski definition) is 2. The number of halogens is 1. The Morgan fingerprint density at radius 2 is 2.00 bits per heavy atom. The van der Waals surface area contributed by atoms with Crippen molar-refractivity contribution in [1.82, 2.24) is 14.7 Å². The van der Waals surface area contributed by atoms with Crippen LogP contribution in [0.5, 0.6) is 0 Å². The Balaban J connectivity index is 1.64. The van der Waals surface area contributed by atoms with E-state index in [2.05, 4.69) is 5.10 Å². The fourth-order valence-electron chi connectivity index (χ4n) is 3.32. The first kappa shape index (κ1) is 15.7. The summed E-state index contributed by atoms with van der Waals surface area (Å²) >= 11 is 0. The molecule has 1 saturated heterocycles. The van der Waals surface area contributed by atoms with Gasteiger partial charge in [-0.1, -0.05) is 19.1 Å². The van der Waals surface area contributed by atoms with Crippen LogP contribution in [0.25, 0.3) is 0 Å². The van der Waals surface area contributed by atoms with Crippen molar-refractivity contribution in [1.29, 1.82) is 0 Å². The number of benzene rings is 1. The molecule has 1 fully saturated rings. The van der Waals surface area contributed by atoms with Gasteiger partial charge in [0, 0.05) is 25.5 Å². The first-order chi connectivity index (χ1) is 11.2. The van der Waals surface area contributed by atoms with Gasteiger partial charge in [0.05, 0.1) is 12.0 Å². The number of carbonyl (C=O) groups is 1. The van der Waals surface area contributed by atoms with E-state index in [1.54, 1.807) is 18.3 Å². The zero-order chi connectivity index (χ0) is 16.2. The summed E-state index contributed by atoms with van der Waals surface area (Å²) in [6, 6.07) is 8.60. The molecule has 5 heteroatoms. The summed E-state index contributed by atoms with van der Waals surface area (Å²) in [5.41, 5.74) is 0.896. The lowest BCUT2D eigenvalue weighted by Gasteiger charge is -2.34. The Kier molecular flexibility index (Phi) is 4.74. The van der Waals surface area contributed by atoms with E-state index in [1.807, 2.05) is 28.8 Å². The number of carbonyl (C=O) groups excluding carboxylic acids is 1. The van der Waals surface area contributed by atoms with Gasteiger partial charge >= 0.3 is 0 Å². The molecule has 1 aliphatic rings. The Labute approximate surface area is 135 Å². The zero-order valence-electron chi connectivity index (χ0n) is 13.4. The van der Waals surface area contributed by atoms with E-state index < -0.39 is 0 Å². The quantitative estimate of drug-likeness (QED) is 0.867. The normalized spacial score (nSPS) is 17.2. The van der Waals surface area contributed by atoms with Gasteiger partial charge in [0.25, 0.3) is 0 Å². The average molecular weight is 315 g/mol. The van der Waals surface area contributed by atoms with E-state index in [0.717, 1.165) is 37.9 Å².